The average molecular weight is 233 g/mol. The van der Waals surface area contributed by atoms with E-state index in [1.807, 2.05) is 5.38 Å². The van der Waals surface area contributed by atoms with Crippen LogP contribution in [0.15, 0.2) is 17.5 Å². The number of alkyl halides is 2. The fourth-order valence-electron chi connectivity index (χ4n) is 1.41. The lowest BCUT2D eigenvalue weighted by Crippen LogP contribution is -1.90. The zero-order valence-corrected chi connectivity index (χ0v) is 8.92. The molecule has 1 aromatic carbocycles. The molecule has 0 aliphatic carbocycles. The molecule has 0 N–H and O–H groups in total. The highest BCUT2D eigenvalue weighted by molar-refractivity contribution is 7.17. The monoisotopic (exact) mass is 232 g/mol. The van der Waals surface area contributed by atoms with Crippen molar-refractivity contribution in [3.05, 3.63) is 33.7 Å². The third-order valence-electron chi connectivity index (χ3n) is 2.20. The Bertz CT molecular complexity index is 476. The molecule has 0 spiro atoms. The van der Waals surface area contributed by atoms with Gasteiger partial charge in [0.15, 0.2) is 0 Å². The highest BCUT2D eigenvalue weighted by Gasteiger charge is 2.15. The molecular weight excluding hydrogens is 226 g/mol. The minimum Gasteiger partial charge on any atom is -0.205 e. The smallest absolute Gasteiger partial charge is 0.205 e. The summed E-state index contributed by atoms with van der Waals surface area (Å²) in [7, 11) is 0. The van der Waals surface area contributed by atoms with Crippen LogP contribution in [0, 0.1) is 6.92 Å². The fraction of sp³-hybridized carbons (Fsp3) is 0.200. The van der Waals surface area contributed by atoms with Crippen LogP contribution in [0.25, 0.3) is 10.1 Å². The van der Waals surface area contributed by atoms with Gasteiger partial charge in [-0.05, 0) is 35.4 Å². The third-order valence-corrected chi connectivity index (χ3v) is 3.74. The third kappa shape index (κ3) is 1.41. The molecule has 0 bridgehead atoms. The summed E-state index contributed by atoms with van der Waals surface area (Å²) in [6.07, 6.45) is -2.46. The molecule has 1 heterocycles. The average Bonchev–Trinajstić information content (AvgIpc) is 2.58. The molecule has 0 aliphatic rings. The molecule has 4 heteroatoms. The molecule has 14 heavy (non-hydrogen) atoms. The highest BCUT2D eigenvalue weighted by Crippen LogP contribution is 2.36. The van der Waals surface area contributed by atoms with Crippen molar-refractivity contribution in [3.63, 3.8) is 0 Å². The van der Waals surface area contributed by atoms with Gasteiger partial charge in [-0.25, -0.2) is 8.78 Å². The number of hydrogen-bond acceptors (Lipinski definition) is 1. The molecule has 0 saturated heterocycles. The second-order valence-electron chi connectivity index (χ2n) is 3.04. The van der Waals surface area contributed by atoms with Gasteiger partial charge in [0.25, 0.3) is 6.43 Å². The lowest BCUT2D eigenvalue weighted by Gasteiger charge is -2.07. The fourth-order valence-corrected chi connectivity index (χ4v) is 2.63. The first-order valence-electron chi connectivity index (χ1n) is 4.05. The summed E-state index contributed by atoms with van der Waals surface area (Å²) in [5, 5.41) is 3.10. The van der Waals surface area contributed by atoms with Crippen molar-refractivity contribution in [1.82, 2.24) is 0 Å². The van der Waals surface area contributed by atoms with E-state index in [4.69, 9.17) is 11.6 Å². The van der Waals surface area contributed by atoms with Crippen LogP contribution in [0.1, 0.15) is 17.6 Å². The summed E-state index contributed by atoms with van der Waals surface area (Å²) in [6, 6.07) is 3.31. The van der Waals surface area contributed by atoms with Gasteiger partial charge in [-0.2, -0.15) is 0 Å². The lowest BCUT2D eigenvalue weighted by atomic mass is 10.1. The standard InChI is InChI=1S/C10H7ClF2S/c1-5-7(10(12)13)4-6-2-3-14-9(6)8(5)11/h2-4,10H,1H3. The lowest BCUT2D eigenvalue weighted by molar-refractivity contribution is 0.151. The predicted molar refractivity (Wildman–Crippen MR) is 56.5 cm³/mol. The Hall–Kier alpha value is -0.670. The molecule has 0 unspecified atom stereocenters. The maximum atomic E-state index is 12.6. The van der Waals surface area contributed by atoms with Gasteiger partial charge < -0.3 is 0 Å². The highest BCUT2D eigenvalue weighted by atomic mass is 35.5. The van der Waals surface area contributed by atoms with Crippen molar-refractivity contribution in [3.8, 4) is 0 Å². The van der Waals surface area contributed by atoms with Crippen LogP contribution in [-0.4, -0.2) is 0 Å². The van der Waals surface area contributed by atoms with E-state index in [1.54, 1.807) is 13.0 Å². The normalized spacial score (nSPS) is 11.5. The Labute approximate surface area is 89.1 Å². The van der Waals surface area contributed by atoms with Gasteiger partial charge in [0.1, 0.15) is 0 Å². The molecule has 0 amide bonds. The van der Waals surface area contributed by atoms with Crippen LogP contribution in [-0.2, 0) is 0 Å². The SMILES string of the molecule is Cc1c(C(F)F)cc2ccsc2c1Cl. The maximum Gasteiger partial charge on any atom is 0.264 e. The van der Waals surface area contributed by atoms with Gasteiger partial charge in [-0.1, -0.05) is 11.6 Å². The Morgan fingerprint density at radius 2 is 2.14 bits per heavy atom. The van der Waals surface area contributed by atoms with Crippen LogP contribution in [0.3, 0.4) is 0 Å². The summed E-state index contributed by atoms with van der Waals surface area (Å²) in [5.41, 5.74) is 0.512. The molecule has 74 valence electrons. The van der Waals surface area contributed by atoms with Crippen LogP contribution in [0.5, 0.6) is 0 Å². The minimum atomic E-state index is -2.46. The molecule has 0 aliphatic heterocycles. The van der Waals surface area contributed by atoms with Crippen molar-refractivity contribution in [2.24, 2.45) is 0 Å². The summed E-state index contributed by atoms with van der Waals surface area (Å²) in [6.45, 7) is 1.63. The van der Waals surface area contributed by atoms with Gasteiger partial charge in [0.2, 0.25) is 0 Å². The number of fused-ring (bicyclic) bond motifs is 1. The molecule has 2 aromatic rings. The molecule has 0 radical (unpaired) electrons. The quantitative estimate of drug-likeness (QED) is 0.663. The van der Waals surface area contributed by atoms with E-state index in [0.29, 0.717) is 10.6 Å². The Morgan fingerprint density at radius 3 is 2.79 bits per heavy atom. The number of halogens is 3. The number of hydrogen-bond donors (Lipinski definition) is 0. The Balaban J connectivity index is 2.80. The number of benzene rings is 1. The zero-order chi connectivity index (χ0) is 10.3. The first-order chi connectivity index (χ1) is 6.61. The van der Waals surface area contributed by atoms with E-state index >= 15 is 0 Å². The van der Waals surface area contributed by atoms with Crippen LogP contribution < -0.4 is 0 Å². The molecule has 0 nitrogen and oxygen atoms in total. The number of rotatable bonds is 1. The van der Waals surface area contributed by atoms with E-state index in [9.17, 15) is 8.78 Å². The van der Waals surface area contributed by atoms with Crippen LogP contribution >= 0.6 is 22.9 Å². The number of thiophene rings is 1. The van der Waals surface area contributed by atoms with E-state index in [0.717, 1.165) is 10.1 Å². The van der Waals surface area contributed by atoms with Crippen molar-refractivity contribution in [2.45, 2.75) is 13.3 Å². The zero-order valence-electron chi connectivity index (χ0n) is 7.35. The van der Waals surface area contributed by atoms with Crippen LogP contribution in [0.4, 0.5) is 8.78 Å². The summed E-state index contributed by atoms with van der Waals surface area (Å²) >= 11 is 7.47. The van der Waals surface area contributed by atoms with Crippen molar-refractivity contribution in [2.75, 3.05) is 0 Å². The van der Waals surface area contributed by atoms with Gasteiger partial charge in [-0.3, -0.25) is 0 Å². The largest absolute Gasteiger partial charge is 0.264 e. The molecule has 2 rings (SSSR count). The van der Waals surface area contributed by atoms with Crippen LogP contribution in [0.2, 0.25) is 5.02 Å². The minimum absolute atomic E-state index is 0.0286. The molecular formula is C10H7ClF2S. The first-order valence-corrected chi connectivity index (χ1v) is 5.31. The summed E-state index contributed by atoms with van der Waals surface area (Å²) in [4.78, 5) is 0. The van der Waals surface area contributed by atoms with E-state index < -0.39 is 6.43 Å². The molecule has 1 aromatic heterocycles. The Morgan fingerprint density at radius 1 is 1.43 bits per heavy atom. The molecule has 0 saturated carbocycles. The predicted octanol–water partition coefficient (Wildman–Crippen LogP) is 4.80. The Kier molecular flexibility index (Phi) is 2.45. The van der Waals surface area contributed by atoms with Gasteiger partial charge in [-0.15, -0.1) is 11.3 Å². The van der Waals surface area contributed by atoms with Gasteiger partial charge in [0.05, 0.1) is 9.72 Å². The molecule has 0 atom stereocenters. The van der Waals surface area contributed by atoms with Crippen molar-refractivity contribution >= 4 is 33.0 Å². The topological polar surface area (TPSA) is 0 Å². The van der Waals surface area contributed by atoms with E-state index in [1.165, 1.54) is 17.4 Å². The summed E-state index contributed by atoms with van der Waals surface area (Å²) < 4.78 is 26.1. The van der Waals surface area contributed by atoms with E-state index in [-0.39, 0.29) is 5.56 Å². The maximum absolute atomic E-state index is 12.6. The first kappa shape index (κ1) is 9.87. The van der Waals surface area contributed by atoms with Crippen molar-refractivity contribution in [1.29, 1.82) is 0 Å². The van der Waals surface area contributed by atoms with Gasteiger partial charge in [0, 0.05) is 5.56 Å². The van der Waals surface area contributed by atoms with Gasteiger partial charge >= 0.3 is 0 Å². The second-order valence-corrected chi connectivity index (χ2v) is 4.34. The van der Waals surface area contributed by atoms with E-state index in [2.05, 4.69) is 0 Å². The second kappa shape index (κ2) is 3.48. The van der Waals surface area contributed by atoms with Crippen molar-refractivity contribution < 1.29 is 8.78 Å². The summed E-state index contributed by atoms with van der Waals surface area (Å²) in [5.74, 6) is 0. The molecule has 0 fully saturated rings.